The van der Waals surface area contributed by atoms with Gasteiger partial charge < -0.3 is 10.3 Å². The minimum absolute atomic E-state index is 0.134. The molecule has 25 heavy (non-hydrogen) atoms. The number of imidazole rings is 1. The fourth-order valence-electron chi connectivity index (χ4n) is 8.29. The number of aromatic amines is 1. The summed E-state index contributed by atoms with van der Waals surface area (Å²) in [6, 6.07) is 11.0. The van der Waals surface area contributed by atoms with Gasteiger partial charge in [0.15, 0.2) is 0 Å². The number of hydrogen-bond acceptors (Lipinski definition) is 2. The predicted octanol–water partition coefficient (Wildman–Crippen LogP) is 3.17. The lowest BCUT2D eigenvalue weighted by Crippen LogP contribution is -2.97. The maximum absolute atomic E-state index is 13.2. The first-order valence-corrected chi connectivity index (χ1v) is 9.40. The average molecular weight is 333 g/mol. The van der Waals surface area contributed by atoms with E-state index in [-0.39, 0.29) is 22.2 Å². The Morgan fingerprint density at radius 3 is 2.80 bits per heavy atom. The molecule has 0 radical (unpaired) electrons. The van der Waals surface area contributed by atoms with E-state index in [0.717, 1.165) is 24.6 Å². The van der Waals surface area contributed by atoms with Crippen LogP contribution in [0.4, 0.5) is 0 Å². The van der Waals surface area contributed by atoms with Crippen molar-refractivity contribution in [2.24, 2.45) is 22.2 Å². The summed E-state index contributed by atoms with van der Waals surface area (Å²) in [5, 5.41) is 3.18. The number of nitrogens with one attached hydrogen (secondary N) is 2. The standard InChI is InChI=1S/C21H23N3O/c1-18-9-15-10-19(17(25)24-11-16-22-7-8-23-16)13-20(12-18,21(15,18)19)14-5-3-2-4-6-14/h2-8,15H,9-13H2,1H3,(H,22,23)(H,24,25). The maximum atomic E-state index is 13.2. The van der Waals surface area contributed by atoms with Crippen LogP contribution >= 0.6 is 0 Å². The SMILES string of the molecule is CC12CC3CC4(C(=O)NCc5ncc[nH]5)CC(c5ccccc5)(C1)C324. The van der Waals surface area contributed by atoms with Gasteiger partial charge in [-0.2, -0.15) is 0 Å². The third-order valence-corrected chi connectivity index (χ3v) is 8.39. The van der Waals surface area contributed by atoms with Crippen molar-refractivity contribution < 1.29 is 4.79 Å². The topological polar surface area (TPSA) is 57.8 Å². The highest BCUT2D eigenvalue weighted by Crippen LogP contribution is 3.01. The number of H-pyrrole nitrogens is 1. The molecule has 2 aromatic rings. The first kappa shape index (κ1) is 14.1. The molecule has 1 amide bonds. The van der Waals surface area contributed by atoms with Crippen molar-refractivity contribution in [3.8, 4) is 0 Å². The first-order valence-electron chi connectivity index (χ1n) is 9.40. The monoisotopic (exact) mass is 333 g/mol. The molecule has 4 aliphatic rings. The number of carbonyl (C=O) groups is 1. The lowest BCUT2D eigenvalue weighted by Gasteiger charge is -2.98. The molecule has 1 aromatic carbocycles. The summed E-state index contributed by atoms with van der Waals surface area (Å²) in [6.45, 7) is 2.93. The zero-order valence-corrected chi connectivity index (χ0v) is 14.5. The van der Waals surface area contributed by atoms with Crippen LogP contribution in [0.3, 0.4) is 0 Å². The lowest BCUT2D eigenvalue weighted by molar-refractivity contribution is -0.471. The Labute approximate surface area is 147 Å². The van der Waals surface area contributed by atoms with Crippen LogP contribution < -0.4 is 5.32 Å². The summed E-state index contributed by atoms with van der Waals surface area (Å²) >= 11 is 0. The molecule has 4 nitrogen and oxygen atoms in total. The van der Waals surface area contributed by atoms with Crippen LogP contribution in [-0.2, 0) is 16.8 Å². The number of aromatic nitrogens is 2. The van der Waals surface area contributed by atoms with Crippen LogP contribution in [0, 0.1) is 22.2 Å². The smallest absolute Gasteiger partial charge is 0.227 e. The molecule has 0 saturated heterocycles. The Morgan fingerprint density at radius 2 is 2.12 bits per heavy atom. The van der Waals surface area contributed by atoms with Gasteiger partial charge in [0.05, 0.1) is 12.0 Å². The number of carbonyl (C=O) groups excluding carboxylic acids is 1. The van der Waals surface area contributed by atoms with Gasteiger partial charge in [0.1, 0.15) is 5.82 Å². The average Bonchev–Trinajstić information content (AvgIpc) is 3.08. The van der Waals surface area contributed by atoms with Gasteiger partial charge in [0.2, 0.25) is 5.91 Å². The Hall–Kier alpha value is -2.10. The number of benzene rings is 1. The summed E-state index contributed by atoms with van der Waals surface area (Å²) in [7, 11) is 0. The van der Waals surface area contributed by atoms with E-state index in [2.05, 4.69) is 52.5 Å². The van der Waals surface area contributed by atoms with Crippen molar-refractivity contribution in [2.75, 3.05) is 0 Å². The quantitative estimate of drug-likeness (QED) is 0.903. The van der Waals surface area contributed by atoms with Crippen molar-refractivity contribution >= 4 is 5.91 Å². The number of rotatable bonds is 4. The molecule has 4 aliphatic carbocycles. The van der Waals surface area contributed by atoms with Crippen LogP contribution in [-0.4, -0.2) is 15.9 Å². The molecule has 1 heterocycles. The molecule has 6 rings (SSSR count). The fourth-order valence-corrected chi connectivity index (χ4v) is 8.29. The second kappa shape index (κ2) is 4.00. The highest BCUT2D eigenvalue weighted by atomic mass is 16.2. The molecule has 4 heteroatoms. The molecule has 4 saturated carbocycles. The fraction of sp³-hybridized carbons (Fsp3) is 0.524. The minimum Gasteiger partial charge on any atom is -0.348 e. The summed E-state index contributed by atoms with van der Waals surface area (Å²) < 4.78 is 0. The molecule has 0 bridgehead atoms. The van der Waals surface area contributed by atoms with Crippen molar-refractivity contribution in [2.45, 2.75) is 44.6 Å². The Balaban J connectivity index is 1.33. The van der Waals surface area contributed by atoms with E-state index in [9.17, 15) is 4.79 Å². The first-order chi connectivity index (χ1) is 12.1. The summed E-state index contributed by atoms with van der Waals surface area (Å²) in [5.41, 5.74) is 2.18. The van der Waals surface area contributed by atoms with Gasteiger partial charge in [-0.25, -0.2) is 4.98 Å². The van der Waals surface area contributed by atoms with Gasteiger partial charge in [-0.3, -0.25) is 4.79 Å². The molecule has 2 N–H and O–H groups in total. The van der Waals surface area contributed by atoms with E-state index in [1.165, 1.54) is 18.4 Å². The van der Waals surface area contributed by atoms with Crippen LogP contribution in [0.25, 0.3) is 0 Å². The van der Waals surface area contributed by atoms with Crippen molar-refractivity contribution in [3.63, 3.8) is 0 Å². The highest BCUT2D eigenvalue weighted by molar-refractivity contribution is 5.90. The molecule has 1 spiro atoms. The number of nitrogens with zero attached hydrogens (tertiary/aromatic N) is 1. The number of amides is 1. The van der Waals surface area contributed by atoms with E-state index in [4.69, 9.17) is 0 Å². The molecule has 5 atom stereocenters. The van der Waals surface area contributed by atoms with Gasteiger partial charge >= 0.3 is 0 Å². The largest absolute Gasteiger partial charge is 0.348 e. The summed E-state index contributed by atoms with van der Waals surface area (Å²) in [4.78, 5) is 20.5. The van der Waals surface area contributed by atoms with Gasteiger partial charge in [0.25, 0.3) is 0 Å². The Morgan fingerprint density at radius 1 is 1.28 bits per heavy atom. The molecule has 5 unspecified atom stereocenters. The summed E-state index contributed by atoms with van der Waals surface area (Å²) in [6.07, 6.45) is 8.22. The van der Waals surface area contributed by atoms with Gasteiger partial charge in [-0.15, -0.1) is 0 Å². The van der Waals surface area contributed by atoms with Crippen molar-refractivity contribution in [1.82, 2.24) is 15.3 Å². The third-order valence-electron chi connectivity index (χ3n) is 8.39. The van der Waals surface area contributed by atoms with E-state index in [0.29, 0.717) is 12.0 Å². The van der Waals surface area contributed by atoms with Crippen molar-refractivity contribution in [3.05, 3.63) is 54.1 Å². The molecule has 0 aliphatic heterocycles. The molecular formula is C21H23N3O. The predicted molar refractivity (Wildman–Crippen MR) is 93.5 cm³/mol. The Kier molecular flexibility index (Phi) is 2.26. The zero-order valence-electron chi connectivity index (χ0n) is 14.5. The molecule has 128 valence electrons. The van der Waals surface area contributed by atoms with Gasteiger partial charge in [0, 0.05) is 23.2 Å². The van der Waals surface area contributed by atoms with Crippen LogP contribution in [0.5, 0.6) is 0 Å². The minimum atomic E-state index is -0.134. The maximum Gasteiger partial charge on any atom is 0.227 e. The van der Waals surface area contributed by atoms with E-state index in [1.807, 2.05) is 0 Å². The van der Waals surface area contributed by atoms with E-state index >= 15 is 0 Å². The normalized spacial score (nSPS) is 44.9. The summed E-state index contributed by atoms with van der Waals surface area (Å²) in [5.74, 6) is 1.84. The molecule has 1 aromatic heterocycles. The Bertz CT molecular complexity index is 878. The van der Waals surface area contributed by atoms with Crippen LogP contribution in [0.15, 0.2) is 42.7 Å². The molecular weight excluding hydrogens is 310 g/mol. The number of hydrogen-bond donors (Lipinski definition) is 2. The second-order valence-corrected chi connectivity index (χ2v) is 9.08. The van der Waals surface area contributed by atoms with Gasteiger partial charge in [-0.05, 0) is 42.6 Å². The lowest BCUT2D eigenvalue weighted by atomic mass is 9.04. The van der Waals surface area contributed by atoms with E-state index in [1.54, 1.807) is 12.4 Å². The third kappa shape index (κ3) is 1.20. The van der Waals surface area contributed by atoms with E-state index < -0.39 is 0 Å². The second-order valence-electron chi connectivity index (χ2n) is 9.08. The zero-order chi connectivity index (χ0) is 16.9. The van der Waals surface area contributed by atoms with Crippen LogP contribution in [0.2, 0.25) is 0 Å². The molecule has 4 fully saturated rings. The van der Waals surface area contributed by atoms with Gasteiger partial charge in [-0.1, -0.05) is 37.3 Å². The van der Waals surface area contributed by atoms with Crippen molar-refractivity contribution in [1.29, 1.82) is 0 Å². The van der Waals surface area contributed by atoms with Crippen LogP contribution in [0.1, 0.15) is 44.0 Å². The highest BCUT2D eigenvalue weighted by Gasteiger charge is 2.99.